The zero-order valence-corrected chi connectivity index (χ0v) is 10.4. The van der Waals surface area contributed by atoms with Crippen molar-refractivity contribution in [2.45, 2.75) is 31.4 Å². The van der Waals surface area contributed by atoms with E-state index in [9.17, 15) is 9.18 Å². The van der Waals surface area contributed by atoms with Gasteiger partial charge in [-0.3, -0.25) is 4.79 Å². The Hall–Kier alpha value is -1.22. The number of carbonyl (C=O) groups is 1. The number of fused-ring (bicyclic) bond motifs is 1. The first-order valence-corrected chi connectivity index (χ1v) is 6.71. The lowest BCUT2D eigenvalue weighted by Gasteiger charge is -2.28. The summed E-state index contributed by atoms with van der Waals surface area (Å²) in [5.41, 5.74) is -0.182. The minimum absolute atomic E-state index is 0.270. The van der Waals surface area contributed by atoms with Crippen molar-refractivity contribution < 1.29 is 9.18 Å². The third kappa shape index (κ3) is 1.97. The Morgan fingerprint density at radius 3 is 2.72 bits per heavy atom. The van der Waals surface area contributed by atoms with Crippen LogP contribution in [-0.4, -0.2) is 24.5 Å². The number of Topliss-reactive ketones (excluding diaryl/α,β-unsaturated/α-hetero) is 1. The summed E-state index contributed by atoms with van der Waals surface area (Å²) in [5, 5.41) is 3.27. The van der Waals surface area contributed by atoms with Gasteiger partial charge in [0.05, 0.1) is 0 Å². The molecule has 1 aromatic rings. The number of alkyl halides is 1. The molecule has 1 heterocycles. The number of nitrogens with one attached hydrogen (secondary N) is 1. The monoisotopic (exact) mass is 247 g/mol. The van der Waals surface area contributed by atoms with Gasteiger partial charge in [-0.05, 0) is 43.8 Å². The number of benzene rings is 1. The molecule has 1 saturated heterocycles. The maximum Gasteiger partial charge on any atom is 0.200 e. The van der Waals surface area contributed by atoms with Gasteiger partial charge in [0, 0.05) is 12.0 Å². The quantitative estimate of drug-likeness (QED) is 0.870. The normalized spacial score (nSPS) is 28.4. The van der Waals surface area contributed by atoms with Crippen LogP contribution in [0.2, 0.25) is 0 Å². The second kappa shape index (κ2) is 4.47. The lowest BCUT2D eigenvalue weighted by molar-refractivity contribution is 0.0632. The lowest BCUT2D eigenvalue weighted by atomic mass is 9.84. The highest BCUT2D eigenvalue weighted by Crippen LogP contribution is 2.39. The molecule has 0 amide bonds. The average molecular weight is 247 g/mol. The second-order valence-corrected chi connectivity index (χ2v) is 5.53. The summed E-state index contributed by atoms with van der Waals surface area (Å²) in [6.45, 7) is 1.89. The molecule has 3 rings (SSSR count). The van der Waals surface area contributed by atoms with E-state index in [-0.39, 0.29) is 12.2 Å². The Balaban J connectivity index is 1.78. The van der Waals surface area contributed by atoms with Gasteiger partial charge in [0.15, 0.2) is 5.67 Å². The van der Waals surface area contributed by atoms with E-state index in [4.69, 9.17) is 0 Å². The second-order valence-electron chi connectivity index (χ2n) is 5.53. The van der Waals surface area contributed by atoms with Gasteiger partial charge in [-0.1, -0.05) is 24.3 Å². The molecular formula is C15H18FNO. The van der Waals surface area contributed by atoms with Crippen LogP contribution in [0.5, 0.6) is 0 Å². The molecule has 2 aliphatic rings. The van der Waals surface area contributed by atoms with Crippen LogP contribution >= 0.6 is 0 Å². The predicted octanol–water partition coefficient (Wildman–Crippen LogP) is 2.52. The van der Waals surface area contributed by atoms with Crippen LogP contribution in [0.1, 0.15) is 35.2 Å². The van der Waals surface area contributed by atoms with Crippen molar-refractivity contribution in [1.29, 1.82) is 0 Å². The van der Waals surface area contributed by atoms with Gasteiger partial charge in [-0.2, -0.15) is 0 Å². The number of rotatable bonds is 2. The summed E-state index contributed by atoms with van der Waals surface area (Å²) >= 11 is 0. The molecule has 0 bridgehead atoms. The Labute approximate surface area is 107 Å². The van der Waals surface area contributed by atoms with Gasteiger partial charge in [0.2, 0.25) is 5.78 Å². The van der Waals surface area contributed by atoms with Crippen molar-refractivity contribution in [1.82, 2.24) is 5.32 Å². The number of carbonyl (C=O) groups excluding carboxylic acids is 1. The number of ketones is 1. The smallest absolute Gasteiger partial charge is 0.200 e. The minimum atomic E-state index is -1.65. The zero-order valence-electron chi connectivity index (χ0n) is 10.4. The molecule has 2 nitrogen and oxygen atoms in total. The Morgan fingerprint density at radius 2 is 2.00 bits per heavy atom. The molecule has 1 aliphatic carbocycles. The first-order valence-electron chi connectivity index (χ1n) is 6.71. The van der Waals surface area contributed by atoms with Crippen LogP contribution in [0.15, 0.2) is 24.3 Å². The predicted molar refractivity (Wildman–Crippen MR) is 68.5 cm³/mol. The maximum absolute atomic E-state index is 14.9. The first kappa shape index (κ1) is 11.8. The molecule has 18 heavy (non-hydrogen) atoms. The molecule has 1 aromatic carbocycles. The molecule has 1 unspecified atom stereocenters. The van der Waals surface area contributed by atoms with Gasteiger partial charge >= 0.3 is 0 Å². The van der Waals surface area contributed by atoms with E-state index in [1.54, 1.807) is 6.07 Å². The zero-order chi connectivity index (χ0) is 12.6. The molecular weight excluding hydrogens is 229 g/mol. The molecule has 1 aliphatic heterocycles. The fourth-order valence-electron chi connectivity index (χ4n) is 3.23. The summed E-state index contributed by atoms with van der Waals surface area (Å²) in [7, 11) is 0. The van der Waals surface area contributed by atoms with Gasteiger partial charge in [-0.25, -0.2) is 4.39 Å². The summed E-state index contributed by atoms with van der Waals surface area (Å²) in [5.74, 6) is 0.0474. The highest BCUT2D eigenvalue weighted by Gasteiger charge is 2.46. The fraction of sp³-hybridized carbons (Fsp3) is 0.533. The van der Waals surface area contributed by atoms with Crippen molar-refractivity contribution in [2.75, 3.05) is 13.1 Å². The molecule has 0 saturated carbocycles. The van der Waals surface area contributed by atoms with Crippen molar-refractivity contribution >= 4 is 5.78 Å². The highest BCUT2D eigenvalue weighted by molar-refractivity contribution is 6.06. The van der Waals surface area contributed by atoms with Crippen molar-refractivity contribution in [3.63, 3.8) is 0 Å². The fourth-order valence-corrected chi connectivity index (χ4v) is 3.23. The number of hydrogen-bond acceptors (Lipinski definition) is 2. The topological polar surface area (TPSA) is 29.1 Å². The summed E-state index contributed by atoms with van der Waals surface area (Å²) < 4.78 is 14.9. The minimum Gasteiger partial charge on any atom is -0.317 e. The maximum atomic E-state index is 14.9. The lowest BCUT2D eigenvalue weighted by Crippen LogP contribution is -2.37. The third-order valence-electron chi connectivity index (χ3n) is 4.21. The largest absolute Gasteiger partial charge is 0.317 e. The molecule has 0 aromatic heterocycles. The highest BCUT2D eigenvalue weighted by atomic mass is 19.1. The molecule has 3 heteroatoms. The Morgan fingerprint density at radius 1 is 1.28 bits per heavy atom. The van der Waals surface area contributed by atoms with Crippen molar-refractivity contribution in [3.8, 4) is 0 Å². The van der Waals surface area contributed by atoms with Gasteiger partial charge in [0.25, 0.3) is 0 Å². The number of halogens is 1. The van der Waals surface area contributed by atoms with Crippen LogP contribution in [0.3, 0.4) is 0 Å². The Kier molecular flexibility index (Phi) is 2.94. The Bertz CT molecular complexity index is 467. The van der Waals surface area contributed by atoms with E-state index in [0.29, 0.717) is 17.9 Å². The van der Waals surface area contributed by atoms with E-state index < -0.39 is 5.67 Å². The molecule has 0 radical (unpaired) electrons. The molecule has 1 fully saturated rings. The van der Waals surface area contributed by atoms with Crippen molar-refractivity contribution in [2.24, 2.45) is 5.92 Å². The van der Waals surface area contributed by atoms with Crippen LogP contribution in [0.25, 0.3) is 0 Å². The standard InChI is InChI=1S/C15H18FNO/c16-15(9-11-5-7-17-8-6-11)10-12-3-1-2-4-13(12)14(15)18/h1-4,11,17H,5-10H2. The average Bonchev–Trinajstić information content (AvgIpc) is 2.63. The van der Waals surface area contributed by atoms with E-state index in [1.807, 2.05) is 18.2 Å². The van der Waals surface area contributed by atoms with Crippen molar-refractivity contribution in [3.05, 3.63) is 35.4 Å². The summed E-state index contributed by atoms with van der Waals surface area (Å²) in [6, 6.07) is 7.31. The third-order valence-corrected chi connectivity index (χ3v) is 4.21. The van der Waals surface area contributed by atoms with Crippen LogP contribution in [0, 0.1) is 5.92 Å². The van der Waals surface area contributed by atoms with Gasteiger partial charge < -0.3 is 5.32 Å². The van der Waals surface area contributed by atoms with Crippen LogP contribution in [0.4, 0.5) is 4.39 Å². The molecule has 96 valence electrons. The SMILES string of the molecule is O=C1c2ccccc2CC1(F)CC1CCNCC1. The van der Waals surface area contributed by atoms with Crippen LogP contribution in [-0.2, 0) is 6.42 Å². The van der Waals surface area contributed by atoms with E-state index >= 15 is 0 Å². The number of hydrogen-bond donors (Lipinski definition) is 1. The van der Waals surface area contributed by atoms with Gasteiger partial charge in [-0.15, -0.1) is 0 Å². The van der Waals surface area contributed by atoms with E-state index in [2.05, 4.69) is 5.32 Å². The van der Waals surface area contributed by atoms with E-state index in [1.165, 1.54) is 0 Å². The van der Waals surface area contributed by atoms with E-state index in [0.717, 1.165) is 31.5 Å². The molecule has 1 atom stereocenters. The molecule has 0 spiro atoms. The van der Waals surface area contributed by atoms with Gasteiger partial charge in [0.1, 0.15) is 0 Å². The first-order chi connectivity index (χ1) is 8.69. The summed E-state index contributed by atoms with van der Waals surface area (Å²) in [4.78, 5) is 12.2. The van der Waals surface area contributed by atoms with Crippen LogP contribution < -0.4 is 5.32 Å². The molecule has 1 N–H and O–H groups in total. The summed E-state index contributed by atoms with van der Waals surface area (Å²) in [6.07, 6.45) is 2.62. The number of piperidine rings is 1.